The topological polar surface area (TPSA) is 68.3 Å². The number of benzene rings is 3. The second-order valence-electron chi connectivity index (χ2n) is 7.52. The number of esters is 1. The van der Waals surface area contributed by atoms with E-state index in [9.17, 15) is 9.59 Å². The van der Waals surface area contributed by atoms with E-state index < -0.39 is 5.97 Å². The molecule has 5 heteroatoms. The first-order chi connectivity index (χ1) is 15.7. The van der Waals surface area contributed by atoms with Crippen LogP contribution in [-0.4, -0.2) is 23.5 Å². The Morgan fingerprint density at radius 2 is 1.56 bits per heavy atom. The number of hydrogen-bond donors (Lipinski definition) is 1. The largest absolute Gasteiger partial charge is 0.456 e. The first-order valence-corrected chi connectivity index (χ1v) is 10.6. The number of carbonyl (C=O) groups excluding carboxylic acids is 2. The molecule has 0 atom stereocenters. The summed E-state index contributed by atoms with van der Waals surface area (Å²) >= 11 is 0. The van der Waals surface area contributed by atoms with Crippen LogP contribution in [0.5, 0.6) is 0 Å². The summed E-state index contributed by atoms with van der Waals surface area (Å²) in [6.45, 7) is -0.316. The molecule has 0 spiro atoms. The fourth-order valence-electron chi connectivity index (χ4n) is 3.49. The van der Waals surface area contributed by atoms with Crippen molar-refractivity contribution < 1.29 is 14.3 Å². The van der Waals surface area contributed by atoms with Gasteiger partial charge >= 0.3 is 5.97 Å². The van der Waals surface area contributed by atoms with Gasteiger partial charge in [-0.2, -0.15) is 0 Å². The van der Waals surface area contributed by atoms with Crippen LogP contribution in [0.4, 0.5) is 5.69 Å². The average Bonchev–Trinajstić information content (AvgIpc) is 2.83. The molecule has 32 heavy (non-hydrogen) atoms. The highest BCUT2D eigenvalue weighted by Gasteiger charge is 2.11. The predicted octanol–water partition coefficient (Wildman–Crippen LogP) is 4.94. The predicted molar refractivity (Wildman–Crippen MR) is 125 cm³/mol. The van der Waals surface area contributed by atoms with Crippen molar-refractivity contribution in [2.75, 3.05) is 11.9 Å². The number of aromatic nitrogens is 1. The monoisotopic (exact) mass is 424 g/mol. The summed E-state index contributed by atoms with van der Waals surface area (Å²) in [4.78, 5) is 29.0. The summed E-state index contributed by atoms with van der Waals surface area (Å²) in [7, 11) is 0. The van der Waals surface area contributed by atoms with Crippen molar-refractivity contribution in [3.63, 3.8) is 0 Å². The summed E-state index contributed by atoms with van der Waals surface area (Å²) in [5.41, 5.74) is 4.59. The molecule has 0 aliphatic carbocycles. The number of hydrogen-bond acceptors (Lipinski definition) is 4. The van der Waals surface area contributed by atoms with Gasteiger partial charge in [0.2, 0.25) is 0 Å². The fourth-order valence-corrected chi connectivity index (χ4v) is 3.49. The quantitative estimate of drug-likeness (QED) is 0.407. The summed E-state index contributed by atoms with van der Waals surface area (Å²) in [6.07, 6.45) is 1.34. The maximum Gasteiger partial charge on any atom is 0.306 e. The van der Waals surface area contributed by atoms with E-state index in [0.717, 1.165) is 33.4 Å². The molecule has 0 radical (unpaired) electrons. The molecular formula is C27H24N2O3. The number of aryl methyl sites for hydroxylation is 1. The molecule has 0 saturated heterocycles. The molecule has 0 unspecified atom stereocenters. The van der Waals surface area contributed by atoms with Crippen molar-refractivity contribution in [1.82, 2.24) is 4.98 Å². The third-order valence-electron chi connectivity index (χ3n) is 5.13. The van der Waals surface area contributed by atoms with Gasteiger partial charge in [0.15, 0.2) is 6.61 Å². The molecule has 5 nitrogen and oxygen atoms in total. The summed E-state index contributed by atoms with van der Waals surface area (Å²) < 4.78 is 5.16. The Kier molecular flexibility index (Phi) is 6.88. The number of carbonyl (C=O) groups is 2. The van der Waals surface area contributed by atoms with Gasteiger partial charge in [-0.25, -0.2) is 0 Å². The number of rotatable bonds is 8. The van der Waals surface area contributed by atoms with Crippen molar-refractivity contribution in [2.45, 2.75) is 19.3 Å². The number of nitrogens with zero attached hydrogens (tertiary/aromatic N) is 1. The standard InChI is InChI=1S/C27H24N2O3/c30-26(29-25-13-7-5-11-22(25)18-20-8-2-1-3-9-20)19-32-27(31)17-16-23-15-14-21-10-4-6-12-24(21)28-23/h1-15H,16-19H2,(H,29,30). The lowest BCUT2D eigenvalue weighted by molar-refractivity contribution is -0.147. The lowest BCUT2D eigenvalue weighted by Crippen LogP contribution is -2.21. The molecule has 3 aromatic carbocycles. The number of ether oxygens (including phenoxy) is 1. The van der Waals surface area contributed by atoms with E-state index in [1.807, 2.05) is 91.0 Å². The number of fused-ring (bicyclic) bond motifs is 1. The molecule has 0 aliphatic heterocycles. The van der Waals surface area contributed by atoms with Gasteiger partial charge in [0.25, 0.3) is 5.91 Å². The van der Waals surface area contributed by atoms with E-state index >= 15 is 0 Å². The van der Waals surface area contributed by atoms with Crippen LogP contribution in [-0.2, 0) is 27.2 Å². The second kappa shape index (κ2) is 10.4. The van der Waals surface area contributed by atoms with Crippen LogP contribution in [0.25, 0.3) is 10.9 Å². The van der Waals surface area contributed by atoms with Gasteiger partial charge in [0, 0.05) is 23.2 Å². The highest BCUT2D eigenvalue weighted by atomic mass is 16.5. The molecule has 0 fully saturated rings. The Labute approximate surface area is 187 Å². The van der Waals surface area contributed by atoms with Gasteiger partial charge in [-0.05, 0) is 35.7 Å². The molecule has 0 bridgehead atoms. The lowest BCUT2D eigenvalue weighted by atomic mass is 10.0. The van der Waals surface area contributed by atoms with E-state index in [1.165, 1.54) is 0 Å². The molecule has 1 aromatic heterocycles. The van der Waals surface area contributed by atoms with Crippen LogP contribution in [0.2, 0.25) is 0 Å². The number of pyridine rings is 1. The van der Waals surface area contributed by atoms with Crippen LogP contribution in [0.15, 0.2) is 91.0 Å². The first kappa shape index (κ1) is 21.2. The van der Waals surface area contributed by atoms with Crippen molar-refractivity contribution in [3.8, 4) is 0 Å². The highest BCUT2D eigenvalue weighted by Crippen LogP contribution is 2.19. The van der Waals surface area contributed by atoms with Gasteiger partial charge in [-0.15, -0.1) is 0 Å². The number of para-hydroxylation sites is 2. The zero-order valence-corrected chi connectivity index (χ0v) is 17.7. The molecule has 160 valence electrons. The van der Waals surface area contributed by atoms with Gasteiger partial charge < -0.3 is 10.1 Å². The maximum atomic E-state index is 12.3. The van der Waals surface area contributed by atoms with Crippen molar-refractivity contribution in [3.05, 3.63) is 108 Å². The Balaban J connectivity index is 1.27. The molecule has 0 saturated carbocycles. The number of amides is 1. The van der Waals surface area contributed by atoms with Crippen LogP contribution in [0, 0.1) is 0 Å². The minimum atomic E-state index is -0.423. The van der Waals surface area contributed by atoms with Crippen molar-refractivity contribution >= 4 is 28.5 Å². The zero-order chi connectivity index (χ0) is 22.2. The normalized spacial score (nSPS) is 10.6. The first-order valence-electron chi connectivity index (χ1n) is 10.6. The van der Waals surface area contributed by atoms with Gasteiger partial charge in [0.05, 0.1) is 11.9 Å². The van der Waals surface area contributed by atoms with E-state index in [4.69, 9.17) is 4.74 Å². The van der Waals surface area contributed by atoms with Gasteiger partial charge in [-0.1, -0.05) is 72.8 Å². The van der Waals surface area contributed by atoms with Crippen LogP contribution in [0.1, 0.15) is 23.2 Å². The third-order valence-corrected chi connectivity index (χ3v) is 5.13. The van der Waals surface area contributed by atoms with E-state index in [0.29, 0.717) is 12.8 Å². The van der Waals surface area contributed by atoms with Crippen LogP contribution >= 0.6 is 0 Å². The molecular weight excluding hydrogens is 400 g/mol. The Morgan fingerprint density at radius 3 is 2.44 bits per heavy atom. The molecule has 1 amide bonds. The lowest BCUT2D eigenvalue weighted by Gasteiger charge is -2.11. The Hall–Kier alpha value is -3.99. The zero-order valence-electron chi connectivity index (χ0n) is 17.7. The molecule has 1 N–H and O–H groups in total. The Morgan fingerprint density at radius 1 is 0.812 bits per heavy atom. The molecule has 1 heterocycles. The van der Waals surface area contributed by atoms with Crippen LogP contribution in [0.3, 0.4) is 0 Å². The number of anilines is 1. The Bertz CT molecular complexity index is 1220. The molecule has 4 rings (SSSR count). The fraction of sp³-hybridized carbons (Fsp3) is 0.148. The number of nitrogens with one attached hydrogen (secondary N) is 1. The van der Waals surface area contributed by atoms with Gasteiger partial charge in [-0.3, -0.25) is 14.6 Å². The SMILES string of the molecule is O=C(COC(=O)CCc1ccc2ccccc2n1)Nc1ccccc1Cc1ccccc1. The van der Waals surface area contributed by atoms with E-state index in [2.05, 4.69) is 10.3 Å². The minimum Gasteiger partial charge on any atom is -0.456 e. The van der Waals surface area contributed by atoms with Crippen molar-refractivity contribution in [2.24, 2.45) is 0 Å². The molecule has 0 aliphatic rings. The second-order valence-corrected chi connectivity index (χ2v) is 7.52. The summed E-state index contributed by atoms with van der Waals surface area (Å²) in [6, 6.07) is 29.4. The van der Waals surface area contributed by atoms with E-state index in [-0.39, 0.29) is 18.9 Å². The highest BCUT2D eigenvalue weighted by molar-refractivity contribution is 5.93. The summed E-state index contributed by atoms with van der Waals surface area (Å²) in [5.74, 6) is -0.782. The smallest absolute Gasteiger partial charge is 0.306 e. The minimum absolute atomic E-state index is 0.170. The molecule has 4 aromatic rings. The summed E-state index contributed by atoms with van der Waals surface area (Å²) in [5, 5.41) is 3.91. The third kappa shape index (κ3) is 5.79. The maximum absolute atomic E-state index is 12.3. The van der Waals surface area contributed by atoms with E-state index in [1.54, 1.807) is 0 Å². The van der Waals surface area contributed by atoms with Crippen molar-refractivity contribution in [1.29, 1.82) is 0 Å². The van der Waals surface area contributed by atoms with Crippen LogP contribution < -0.4 is 5.32 Å². The average molecular weight is 425 g/mol. The van der Waals surface area contributed by atoms with Gasteiger partial charge in [0.1, 0.15) is 0 Å².